The van der Waals surface area contributed by atoms with Crippen LogP contribution in [0.4, 0.5) is 28.6 Å². The molecule has 5 rings (SSSR count). The van der Waals surface area contributed by atoms with Crippen LogP contribution in [0.3, 0.4) is 0 Å². The fourth-order valence-corrected chi connectivity index (χ4v) is 6.31. The van der Waals surface area contributed by atoms with Crippen LogP contribution >= 0.6 is 11.3 Å². The summed E-state index contributed by atoms with van der Waals surface area (Å²) in [7, 11) is 0. The van der Waals surface area contributed by atoms with Gasteiger partial charge < -0.3 is 29.4 Å². The van der Waals surface area contributed by atoms with Gasteiger partial charge in [-0.1, -0.05) is 6.07 Å². The Morgan fingerprint density at radius 2 is 1.84 bits per heavy atom. The number of esters is 1. The SMILES string of the molecule is CCNC(=O)Nc1cc(-c2nc(C(F)(F)F)cs2)c(-c2ccc3c(c2)c(=O)c(C(=O)OCC)cn3C2CN(C(=O)OC(C)(C)C)CC2O)cn1. The summed E-state index contributed by atoms with van der Waals surface area (Å²) >= 11 is 0.736. The predicted molar refractivity (Wildman–Crippen MR) is 179 cm³/mol. The van der Waals surface area contributed by atoms with E-state index < -0.39 is 53.1 Å². The number of hydrogen-bond acceptors (Lipinski definition) is 10. The molecule has 50 heavy (non-hydrogen) atoms. The molecule has 2 atom stereocenters. The number of rotatable bonds is 7. The molecule has 4 heterocycles. The zero-order valence-electron chi connectivity index (χ0n) is 27.8. The Morgan fingerprint density at radius 1 is 1.10 bits per heavy atom. The lowest BCUT2D eigenvalue weighted by atomic mass is 9.99. The molecule has 0 aliphatic carbocycles. The monoisotopic (exact) mass is 716 g/mol. The second kappa shape index (κ2) is 14.1. The Bertz CT molecular complexity index is 2010. The van der Waals surface area contributed by atoms with Gasteiger partial charge >= 0.3 is 24.3 Å². The first-order valence-corrected chi connectivity index (χ1v) is 16.5. The number of benzene rings is 1. The van der Waals surface area contributed by atoms with Gasteiger partial charge in [0.25, 0.3) is 0 Å². The van der Waals surface area contributed by atoms with Crippen molar-refractivity contribution in [2.75, 3.05) is 31.6 Å². The van der Waals surface area contributed by atoms with E-state index in [9.17, 15) is 37.5 Å². The quantitative estimate of drug-likeness (QED) is 0.204. The molecule has 17 heteroatoms. The summed E-state index contributed by atoms with van der Waals surface area (Å²) in [5.41, 5.74) is -1.79. The summed E-state index contributed by atoms with van der Waals surface area (Å²) in [6.07, 6.45) is -3.82. The van der Waals surface area contributed by atoms with Crippen molar-refractivity contribution >= 4 is 46.2 Å². The summed E-state index contributed by atoms with van der Waals surface area (Å²) in [4.78, 5) is 61.3. The molecule has 0 radical (unpaired) electrons. The van der Waals surface area contributed by atoms with Crippen LogP contribution in [0, 0.1) is 0 Å². The van der Waals surface area contributed by atoms with Crippen molar-refractivity contribution in [3.63, 3.8) is 0 Å². The van der Waals surface area contributed by atoms with Gasteiger partial charge in [0.1, 0.15) is 22.0 Å². The standard InChI is InChI=1S/C33H35F3N6O7S/c1-6-37-30(46)40-26-11-18(28-39-25(16-50-28)33(34,35)36)20(12-38-26)17-8-9-22-19(10-17)27(44)21(29(45)48-7-2)13-42(22)23-14-41(15-24(23)43)31(47)49-32(3,4)5/h8-13,16,23-24,43H,6-7,14-15H2,1-5H3,(H2,37,38,40,46). The highest BCUT2D eigenvalue weighted by molar-refractivity contribution is 7.13. The number of nitrogens with zero attached hydrogens (tertiary/aromatic N) is 4. The van der Waals surface area contributed by atoms with Gasteiger partial charge in [0.2, 0.25) is 5.43 Å². The fourth-order valence-electron chi connectivity index (χ4n) is 5.45. The van der Waals surface area contributed by atoms with Crippen LogP contribution in [0.25, 0.3) is 32.6 Å². The Morgan fingerprint density at radius 3 is 2.48 bits per heavy atom. The maximum absolute atomic E-state index is 13.8. The van der Waals surface area contributed by atoms with Crippen LogP contribution in [-0.2, 0) is 15.7 Å². The molecule has 3 aromatic heterocycles. The lowest BCUT2D eigenvalue weighted by molar-refractivity contribution is -0.140. The van der Waals surface area contributed by atoms with Crippen molar-refractivity contribution in [1.29, 1.82) is 0 Å². The molecule has 2 unspecified atom stereocenters. The smallest absolute Gasteiger partial charge is 0.434 e. The van der Waals surface area contributed by atoms with Crippen LogP contribution in [0.2, 0.25) is 0 Å². The second-order valence-electron chi connectivity index (χ2n) is 12.4. The number of hydrogen-bond donors (Lipinski definition) is 3. The number of alkyl halides is 3. The Hall–Kier alpha value is -5.03. The molecule has 1 aliphatic rings. The third kappa shape index (κ3) is 7.73. The molecule has 0 spiro atoms. The third-order valence-corrected chi connectivity index (χ3v) is 8.49. The van der Waals surface area contributed by atoms with Crippen molar-refractivity contribution in [1.82, 2.24) is 24.8 Å². The van der Waals surface area contributed by atoms with E-state index in [2.05, 4.69) is 20.6 Å². The van der Waals surface area contributed by atoms with Gasteiger partial charge in [0.15, 0.2) is 5.69 Å². The van der Waals surface area contributed by atoms with Crippen LogP contribution in [0.1, 0.15) is 56.7 Å². The Kier molecular flexibility index (Phi) is 10.2. The number of carbonyl (C=O) groups excluding carboxylic acids is 3. The molecule has 1 fully saturated rings. The maximum atomic E-state index is 13.8. The van der Waals surface area contributed by atoms with Gasteiger partial charge in [-0.05, 0) is 58.4 Å². The summed E-state index contributed by atoms with van der Waals surface area (Å²) in [5.74, 6) is -0.864. The third-order valence-electron chi connectivity index (χ3n) is 7.61. The molecule has 1 aromatic carbocycles. The number of fused-ring (bicyclic) bond motifs is 1. The maximum Gasteiger partial charge on any atom is 0.434 e. The highest BCUT2D eigenvalue weighted by atomic mass is 32.1. The number of carbonyl (C=O) groups is 3. The highest BCUT2D eigenvalue weighted by Gasteiger charge is 2.38. The average Bonchev–Trinajstić information content (AvgIpc) is 3.68. The number of pyridine rings is 2. The normalized spacial score (nSPS) is 16.4. The van der Waals surface area contributed by atoms with E-state index in [1.807, 2.05) is 0 Å². The zero-order valence-corrected chi connectivity index (χ0v) is 28.6. The van der Waals surface area contributed by atoms with Crippen molar-refractivity contribution in [3.05, 3.63) is 63.5 Å². The number of urea groups is 1. The van der Waals surface area contributed by atoms with E-state index in [0.717, 1.165) is 16.7 Å². The van der Waals surface area contributed by atoms with Crippen molar-refractivity contribution in [2.45, 2.75) is 58.5 Å². The number of aromatic nitrogens is 3. The molecule has 4 aromatic rings. The van der Waals surface area contributed by atoms with Gasteiger partial charge in [-0.25, -0.2) is 24.4 Å². The van der Waals surface area contributed by atoms with Crippen molar-refractivity contribution in [3.8, 4) is 21.7 Å². The number of aliphatic hydroxyl groups excluding tert-OH is 1. The van der Waals surface area contributed by atoms with Gasteiger partial charge in [0.05, 0.1) is 30.8 Å². The zero-order chi connectivity index (χ0) is 36.5. The lowest BCUT2D eigenvalue weighted by Gasteiger charge is -2.25. The largest absolute Gasteiger partial charge is 0.462 e. The molecule has 13 nitrogen and oxygen atoms in total. The predicted octanol–water partition coefficient (Wildman–Crippen LogP) is 5.68. The average molecular weight is 717 g/mol. The molecule has 3 amide bonds. The fraction of sp³-hybridized carbons (Fsp3) is 0.394. The van der Waals surface area contributed by atoms with E-state index in [1.165, 1.54) is 34.0 Å². The van der Waals surface area contributed by atoms with E-state index >= 15 is 0 Å². The highest BCUT2D eigenvalue weighted by Crippen LogP contribution is 2.39. The minimum atomic E-state index is -4.70. The minimum absolute atomic E-state index is 0.00219. The van der Waals surface area contributed by atoms with Crippen molar-refractivity contribution < 1.29 is 42.1 Å². The summed E-state index contributed by atoms with van der Waals surface area (Å²) in [6, 6.07) is 4.63. The molecular formula is C33H35F3N6O7S. The number of β-amino-alcohol motifs (C(OH)–C–C–N with tert-alkyl or cyclic N) is 1. The number of aliphatic hydroxyl groups is 1. The number of anilines is 1. The topological polar surface area (TPSA) is 165 Å². The van der Waals surface area contributed by atoms with Crippen LogP contribution < -0.4 is 16.1 Å². The molecular weight excluding hydrogens is 681 g/mol. The number of ether oxygens (including phenoxy) is 2. The first kappa shape index (κ1) is 36.3. The van der Waals surface area contributed by atoms with E-state index in [0.29, 0.717) is 17.6 Å². The van der Waals surface area contributed by atoms with Crippen LogP contribution in [0.15, 0.2) is 46.8 Å². The first-order valence-electron chi connectivity index (χ1n) is 15.6. The molecule has 266 valence electrons. The van der Waals surface area contributed by atoms with Crippen LogP contribution in [-0.4, -0.2) is 80.6 Å². The molecule has 1 aliphatic heterocycles. The number of thiazole rings is 1. The van der Waals surface area contributed by atoms with E-state index in [4.69, 9.17) is 9.47 Å². The van der Waals surface area contributed by atoms with Gasteiger partial charge in [-0.3, -0.25) is 10.1 Å². The van der Waals surface area contributed by atoms with Gasteiger partial charge in [-0.2, -0.15) is 13.2 Å². The molecule has 1 saturated heterocycles. The Balaban J connectivity index is 1.66. The molecule has 0 saturated carbocycles. The molecule has 0 bridgehead atoms. The van der Waals surface area contributed by atoms with Gasteiger partial charge in [-0.15, -0.1) is 11.3 Å². The Labute approximate surface area is 288 Å². The summed E-state index contributed by atoms with van der Waals surface area (Å²) in [5, 5.41) is 17.1. The number of amides is 3. The number of halogens is 3. The lowest BCUT2D eigenvalue weighted by Crippen LogP contribution is -2.36. The number of likely N-dealkylation sites (tertiary alicyclic amines) is 1. The number of nitrogens with one attached hydrogen (secondary N) is 2. The summed E-state index contributed by atoms with van der Waals surface area (Å²) < 4.78 is 52.8. The second-order valence-corrected chi connectivity index (χ2v) is 13.2. The van der Waals surface area contributed by atoms with E-state index in [1.54, 1.807) is 46.8 Å². The van der Waals surface area contributed by atoms with E-state index in [-0.39, 0.29) is 52.6 Å². The minimum Gasteiger partial charge on any atom is -0.462 e. The first-order chi connectivity index (χ1) is 23.5. The van der Waals surface area contributed by atoms with Crippen LogP contribution in [0.5, 0.6) is 0 Å². The van der Waals surface area contributed by atoms with Crippen molar-refractivity contribution in [2.24, 2.45) is 0 Å². The van der Waals surface area contributed by atoms with Gasteiger partial charge in [0, 0.05) is 47.4 Å². The summed E-state index contributed by atoms with van der Waals surface area (Å²) in [6.45, 7) is 8.66. The molecule has 3 N–H and O–H groups in total.